The van der Waals surface area contributed by atoms with Crippen LogP contribution in [0.3, 0.4) is 0 Å². The number of hydrogen-bond donors (Lipinski definition) is 0. The Kier molecular flexibility index (Phi) is 4.71. The van der Waals surface area contributed by atoms with Gasteiger partial charge in [0, 0.05) is 15.1 Å². The van der Waals surface area contributed by atoms with E-state index < -0.39 is 0 Å². The molecule has 0 atom stereocenters. The normalized spacial score (nSPS) is 10.5. The van der Waals surface area contributed by atoms with Crippen LogP contribution in [0.1, 0.15) is 11.3 Å². The van der Waals surface area contributed by atoms with Gasteiger partial charge in [0.05, 0.1) is 18.9 Å². The summed E-state index contributed by atoms with van der Waals surface area (Å²) in [5.41, 5.74) is 2.08. The van der Waals surface area contributed by atoms with E-state index in [1.54, 1.807) is 6.20 Å². The lowest BCUT2D eigenvalue weighted by molar-refractivity contribution is 0.104. The standard InChI is InChI=1S/C13H11Br2NO/c14-11-3-1-2-10(6-11)8-17-9-13-5-4-12(15)7-16-13/h1-7H,8-9H2. The van der Waals surface area contributed by atoms with Gasteiger partial charge in [-0.15, -0.1) is 0 Å². The number of rotatable bonds is 4. The highest BCUT2D eigenvalue weighted by molar-refractivity contribution is 9.10. The van der Waals surface area contributed by atoms with Gasteiger partial charge in [-0.2, -0.15) is 0 Å². The van der Waals surface area contributed by atoms with Crippen molar-refractivity contribution in [3.05, 3.63) is 62.8 Å². The molecule has 0 N–H and O–H groups in total. The Bertz CT molecular complexity index is 485. The number of nitrogens with zero attached hydrogens (tertiary/aromatic N) is 1. The Hall–Kier alpha value is -0.710. The smallest absolute Gasteiger partial charge is 0.0892 e. The van der Waals surface area contributed by atoms with E-state index in [0.717, 1.165) is 20.2 Å². The molecule has 0 saturated carbocycles. The number of halogens is 2. The summed E-state index contributed by atoms with van der Waals surface area (Å²) in [6, 6.07) is 12.0. The molecule has 88 valence electrons. The van der Waals surface area contributed by atoms with Crippen molar-refractivity contribution in [2.24, 2.45) is 0 Å². The number of ether oxygens (including phenoxy) is 1. The zero-order chi connectivity index (χ0) is 12.1. The molecule has 0 aliphatic heterocycles. The monoisotopic (exact) mass is 355 g/mol. The highest BCUT2D eigenvalue weighted by atomic mass is 79.9. The van der Waals surface area contributed by atoms with Gasteiger partial charge in [0.15, 0.2) is 0 Å². The van der Waals surface area contributed by atoms with E-state index in [2.05, 4.69) is 42.9 Å². The SMILES string of the molecule is Brc1ccc(COCc2cccc(Br)c2)nc1. The van der Waals surface area contributed by atoms with Crippen molar-refractivity contribution in [1.82, 2.24) is 4.98 Å². The van der Waals surface area contributed by atoms with Crippen LogP contribution in [0.2, 0.25) is 0 Å². The number of pyridine rings is 1. The van der Waals surface area contributed by atoms with Gasteiger partial charge >= 0.3 is 0 Å². The van der Waals surface area contributed by atoms with Crippen LogP contribution in [0.5, 0.6) is 0 Å². The lowest BCUT2D eigenvalue weighted by Gasteiger charge is -2.04. The van der Waals surface area contributed by atoms with E-state index >= 15 is 0 Å². The van der Waals surface area contributed by atoms with E-state index in [0.29, 0.717) is 13.2 Å². The molecule has 2 aromatic rings. The third-order valence-corrected chi connectivity index (χ3v) is 3.16. The molecule has 0 aliphatic carbocycles. The van der Waals surface area contributed by atoms with Crippen LogP contribution in [0.25, 0.3) is 0 Å². The minimum Gasteiger partial charge on any atom is -0.370 e. The van der Waals surface area contributed by atoms with Crippen LogP contribution < -0.4 is 0 Å². The summed E-state index contributed by atoms with van der Waals surface area (Å²) in [5, 5.41) is 0. The molecule has 0 unspecified atom stereocenters. The predicted molar refractivity (Wildman–Crippen MR) is 74.6 cm³/mol. The Morgan fingerprint density at radius 1 is 1.00 bits per heavy atom. The minimum atomic E-state index is 0.528. The maximum Gasteiger partial charge on any atom is 0.0892 e. The van der Waals surface area contributed by atoms with E-state index in [1.165, 1.54) is 0 Å². The number of aromatic nitrogens is 1. The summed E-state index contributed by atoms with van der Waals surface area (Å²) in [6.45, 7) is 1.12. The topological polar surface area (TPSA) is 22.1 Å². The Morgan fingerprint density at radius 2 is 1.88 bits per heavy atom. The van der Waals surface area contributed by atoms with Crippen LogP contribution in [0, 0.1) is 0 Å². The first kappa shape index (κ1) is 12.7. The summed E-state index contributed by atoms with van der Waals surface area (Å²) < 4.78 is 7.65. The maximum absolute atomic E-state index is 5.60. The first-order valence-electron chi connectivity index (χ1n) is 5.16. The van der Waals surface area contributed by atoms with Crippen molar-refractivity contribution in [1.29, 1.82) is 0 Å². The fraction of sp³-hybridized carbons (Fsp3) is 0.154. The molecule has 0 saturated heterocycles. The van der Waals surface area contributed by atoms with E-state index in [4.69, 9.17) is 4.74 Å². The molecule has 1 heterocycles. The molecule has 4 heteroatoms. The van der Waals surface area contributed by atoms with Gasteiger partial charge in [0.2, 0.25) is 0 Å². The van der Waals surface area contributed by atoms with Crippen LogP contribution in [0.15, 0.2) is 51.5 Å². The molecule has 0 spiro atoms. The lowest BCUT2D eigenvalue weighted by atomic mass is 10.2. The third kappa shape index (κ3) is 4.22. The molecule has 0 aliphatic rings. The van der Waals surface area contributed by atoms with Crippen molar-refractivity contribution in [3.63, 3.8) is 0 Å². The average molecular weight is 357 g/mol. The Labute approximate surface area is 117 Å². The summed E-state index contributed by atoms with van der Waals surface area (Å²) >= 11 is 6.78. The molecule has 1 aromatic heterocycles. The second-order valence-electron chi connectivity index (χ2n) is 3.59. The summed E-state index contributed by atoms with van der Waals surface area (Å²) in [5.74, 6) is 0. The Balaban J connectivity index is 1.85. The Morgan fingerprint density at radius 3 is 2.59 bits per heavy atom. The average Bonchev–Trinajstić information content (AvgIpc) is 2.32. The van der Waals surface area contributed by atoms with Crippen molar-refractivity contribution >= 4 is 31.9 Å². The van der Waals surface area contributed by atoms with Crippen LogP contribution >= 0.6 is 31.9 Å². The molecular weight excluding hydrogens is 346 g/mol. The van der Waals surface area contributed by atoms with Crippen molar-refractivity contribution in [2.75, 3.05) is 0 Å². The van der Waals surface area contributed by atoms with E-state index in [9.17, 15) is 0 Å². The second-order valence-corrected chi connectivity index (χ2v) is 5.42. The molecule has 2 rings (SSSR count). The largest absolute Gasteiger partial charge is 0.370 e. The van der Waals surface area contributed by atoms with Gasteiger partial charge in [0.25, 0.3) is 0 Å². The zero-order valence-electron chi connectivity index (χ0n) is 9.07. The highest BCUT2D eigenvalue weighted by Gasteiger charge is 1.97. The highest BCUT2D eigenvalue weighted by Crippen LogP contribution is 2.13. The first-order chi connectivity index (χ1) is 8.24. The molecule has 0 radical (unpaired) electrons. The van der Waals surface area contributed by atoms with Crippen LogP contribution in [-0.2, 0) is 18.0 Å². The van der Waals surface area contributed by atoms with E-state index in [-0.39, 0.29) is 0 Å². The van der Waals surface area contributed by atoms with Gasteiger partial charge in [-0.1, -0.05) is 28.1 Å². The minimum absolute atomic E-state index is 0.528. The molecule has 2 nitrogen and oxygen atoms in total. The van der Waals surface area contributed by atoms with Crippen molar-refractivity contribution in [3.8, 4) is 0 Å². The molecule has 1 aromatic carbocycles. The van der Waals surface area contributed by atoms with Crippen LogP contribution in [-0.4, -0.2) is 4.98 Å². The quantitative estimate of drug-likeness (QED) is 0.813. The van der Waals surface area contributed by atoms with Gasteiger partial charge < -0.3 is 4.74 Å². The zero-order valence-corrected chi connectivity index (χ0v) is 12.2. The summed E-state index contributed by atoms with van der Waals surface area (Å²) in [7, 11) is 0. The number of hydrogen-bond acceptors (Lipinski definition) is 2. The van der Waals surface area contributed by atoms with Gasteiger partial charge in [-0.25, -0.2) is 0 Å². The van der Waals surface area contributed by atoms with Gasteiger partial charge in [-0.05, 0) is 45.8 Å². The molecular formula is C13H11Br2NO. The van der Waals surface area contributed by atoms with Gasteiger partial charge in [0.1, 0.15) is 0 Å². The maximum atomic E-state index is 5.60. The predicted octanol–water partition coefficient (Wildman–Crippen LogP) is 4.32. The third-order valence-electron chi connectivity index (χ3n) is 2.20. The molecule has 0 fully saturated rings. The van der Waals surface area contributed by atoms with Crippen molar-refractivity contribution < 1.29 is 4.74 Å². The molecule has 17 heavy (non-hydrogen) atoms. The van der Waals surface area contributed by atoms with Gasteiger partial charge in [-0.3, -0.25) is 4.98 Å². The summed E-state index contributed by atoms with van der Waals surface area (Å²) in [6.07, 6.45) is 1.78. The second kappa shape index (κ2) is 6.28. The fourth-order valence-electron chi connectivity index (χ4n) is 1.39. The number of benzene rings is 1. The lowest BCUT2D eigenvalue weighted by Crippen LogP contribution is -1.96. The first-order valence-corrected chi connectivity index (χ1v) is 6.75. The van der Waals surface area contributed by atoms with E-state index in [1.807, 2.05) is 30.3 Å². The van der Waals surface area contributed by atoms with Crippen LogP contribution in [0.4, 0.5) is 0 Å². The molecule has 0 amide bonds. The van der Waals surface area contributed by atoms with Crippen molar-refractivity contribution in [2.45, 2.75) is 13.2 Å². The summed E-state index contributed by atoms with van der Waals surface area (Å²) in [4.78, 5) is 4.25. The fourth-order valence-corrected chi connectivity index (χ4v) is 2.07. The molecule has 0 bridgehead atoms.